The van der Waals surface area contributed by atoms with E-state index in [2.05, 4.69) is 10.3 Å². The van der Waals surface area contributed by atoms with Crippen molar-refractivity contribution in [2.45, 2.75) is 24.5 Å². The Balaban J connectivity index is 1.54. The molecule has 0 spiro atoms. The van der Waals surface area contributed by atoms with E-state index in [0.717, 1.165) is 16.9 Å². The molecule has 0 unspecified atom stereocenters. The average molecular weight is 580 g/mol. The summed E-state index contributed by atoms with van der Waals surface area (Å²) < 4.78 is 66.9. The number of hydrogen-bond donors (Lipinski definition) is 1. The van der Waals surface area contributed by atoms with Crippen molar-refractivity contribution in [1.82, 2.24) is 9.29 Å². The molecule has 4 aromatic rings. The zero-order chi connectivity index (χ0) is 27.5. The highest BCUT2D eigenvalue weighted by Crippen LogP contribution is 2.37. The third-order valence-corrected chi connectivity index (χ3v) is 9.16. The number of anilines is 1. The minimum Gasteiger partial charge on any atom is -0.298 e. The normalized spacial score (nSPS) is 12.0. The molecule has 13 heteroatoms. The molecule has 0 saturated heterocycles. The molecule has 4 rings (SSSR count). The summed E-state index contributed by atoms with van der Waals surface area (Å²) in [4.78, 5) is 28.5. The highest BCUT2D eigenvalue weighted by Gasteiger charge is 2.42. The van der Waals surface area contributed by atoms with Gasteiger partial charge in [-0.3, -0.25) is 14.9 Å². The Labute approximate surface area is 224 Å². The molecule has 7 nitrogen and oxygen atoms in total. The van der Waals surface area contributed by atoms with Gasteiger partial charge in [-0.15, -0.1) is 11.3 Å². The van der Waals surface area contributed by atoms with Crippen molar-refractivity contribution in [3.8, 4) is 10.6 Å². The van der Waals surface area contributed by atoms with E-state index in [4.69, 9.17) is 0 Å². The quantitative estimate of drug-likeness (QED) is 0.243. The van der Waals surface area contributed by atoms with Crippen LogP contribution in [0.25, 0.3) is 10.6 Å². The molecule has 2 heterocycles. The third-order valence-electron chi connectivity index (χ3n) is 5.37. The number of sulfonamides is 1. The van der Waals surface area contributed by atoms with Crippen molar-refractivity contribution >= 4 is 49.5 Å². The minimum atomic E-state index is -5.10. The summed E-state index contributed by atoms with van der Waals surface area (Å²) in [5, 5.41) is 3.84. The molecule has 2 aromatic carbocycles. The number of benzene rings is 2. The Hall–Kier alpha value is -3.39. The summed E-state index contributed by atoms with van der Waals surface area (Å²) in [7, 11) is -3.85. The van der Waals surface area contributed by atoms with Crippen LogP contribution in [0.2, 0.25) is 0 Å². The van der Waals surface area contributed by atoms with Gasteiger partial charge < -0.3 is 0 Å². The second-order valence-corrected chi connectivity index (χ2v) is 11.8. The van der Waals surface area contributed by atoms with E-state index in [-0.39, 0.29) is 34.4 Å². The number of halogens is 3. The van der Waals surface area contributed by atoms with Gasteiger partial charge in [0.15, 0.2) is 5.13 Å². The van der Waals surface area contributed by atoms with Crippen molar-refractivity contribution in [3.05, 3.63) is 88.1 Å². The summed E-state index contributed by atoms with van der Waals surface area (Å²) in [6, 6.07) is 17.4. The molecule has 0 aliphatic rings. The number of amides is 1. The van der Waals surface area contributed by atoms with Crippen LogP contribution in [0.1, 0.15) is 32.5 Å². The van der Waals surface area contributed by atoms with Crippen molar-refractivity contribution in [2.24, 2.45) is 0 Å². The predicted octanol–water partition coefficient (Wildman–Crippen LogP) is 6.08. The number of carbonyl (C=O) groups excluding carboxylic acids is 2. The lowest BCUT2D eigenvalue weighted by molar-refractivity contribution is -0.0882. The lowest BCUT2D eigenvalue weighted by atomic mass is 10.2. The van der Waals surface area contributed by atoms with E-state index in [1.807, 2.05) is 30.3 Å². The van der Waals surface area contributed by atoms with Crippen LogP contribution in [-0.2, 0) is 16.6 Å². The summed E-state index contributed by atoms with van der Waals surface area (Å²) in [5.74, 6) is -2.77. The molecule has 0 bridgehead atoms. The standard InChI is InChI=1S/C25H20F3N3O4S3/c1-2-31(15-16-7-4-3-5-8-16)38(34,35)18-12-10-17(11-13-18)23(33)30-24-29-20(19-9-6-14-36-19)21(37-24)22(32)25(26,27)28/h3-14H,2,15H2,1H3,(H,29,30,33). The molecule has 0 atom stereocenters. The predicted molar refractivity (Wildman–Crippen MR) is 140 cm³/mol. The van der Waals surface area contributed by atoms with Crippen LogP contribution in [-0.4, -0.2) is 42.1 Å². The number of carbonyl (C=O) groups is 2. The van der Waals surface area contributed by atoms with Crippen molar-refractivity contribution in [2.75, 3.05) is 11.9 Å². The Morgan fingerprint density at radius 1 is 1.00 bits per heavy atom. The number of nitrogens with zero attached hydrogens (tertiary/aromatic N) is 2. The zero-order valence-electron chi connectivity index (χ0n) is 19.7. The van der Waals surface area contributed by atoms with Crippen LogP contribution in [0.5, 0.6) is 0 Å². The van der Waals surface area contributed by atoms with Gasteiger partial charge in [0.25, 0.3) is 11.7 Å². The number of rotatable bonds is 9. The SMILES string of the molecule is CCN(Cc1ccccc1)S(=O)(=O)c1ccc(C(=O)Nc2nc(-c3cccs3)c(C(=O)C(F)(F)F)s2)cc1. The second kappa shape index (κ2) is 11.2. The van der Waals surface area contributed by atoms with Crippen molar-refractivity contribution in [3.63, 3.8) is 0 Å². The summed E-state index contributed by atoms with van der Waals surface area (Å²) in [6.07, 6.45) is -5.10. The van der Waals surface area contributed by atoms with E-state index >= 15 is 0 Å². The second-order valence-electron chi connectivity index (χ2n) is 7.90. The number of ketones is 1. The van der Waals surface area contributed by atoms with E-state index in [9.17, 15) is 31.2 Å². The van der Waals surface area contributed by atoms with Gasteiger partial charge in [0, 0.05) is 18.7 Å². The number of alkyl halides is 3. The Bertz CT molecular complexity index is 1530. The van der Waals surface area contributed by atoms with Crippen LogP contribution < -0.4 is 5.32 Å². The molecule has 198 valence electrons. The van der Waals surface area contributed by atoms with Crippen molar-refractivity contribution < 1.29 is 31.2 Å². The first kappa shape index (κ1) is 27.6. The van der Waals surface area contributed by atoms with Crippen LogP contribution in [0.3, 0.4) is 0 Å². The molecule has 0 saturated carbocycles. The van der Waals surface area contributed by atoms with Gasteiger partial charge in [0.1, 0.15) is 10.6 Å². The fraction of sp³-hybridized carbons (Fsp3) is 0.160. The van der Waals surface area contributed by atoms with Gasteiger partial charge in [0.05, 0.1) is 9.77 Å². The maximum absolute atomic E-state index is 13.1. The van der Waals surface area contributed by atoms with Gasteiger partial charge in [-0.05, 0) is 41.3 Å². The van der Waals surface area contributed by atoms with Crippen LogP contribution in [0.4, 0.5) is 18.3 Å². The van der Waals surface area contributed by atoms with Gasteiger partial charge in [-0.25, -0.2) is 13.4 Å². The topological polar surface area (TPSA) is 96.4 Å². The highest BCUT2D eigenvalue weighted by molar-refractivity contribution is 7.89. The molecule has 1 amide bonds. The maximum Gasteiger partial charge on any atom is 0.455 e. The fourth-order valence-corrected chi connectivity index (χ4v) is 6.64. The van der Waals surface area contributed by atoms with Crippen LogP contribution in [0.15, 0.2) is 77.0 Å². The van der Waals surface area contributed by atoms with Gasteiger partial charge in [-0.1, -0.05) is 54.7 Å². The lowest BCUT2D eigenvalue weighted by Gasteiger charge is -2.20. The van der Waals surface area contributed by atoms with E-state index in [0.29, 0.717) is 16.2 Å². The zero-order valence-corrected chi connectivity index (χ0v) is 22.2. The third kappa shape index (κ3) is 6.01. The molecule has 2 aromatic heterocycles. The number of Topliss-reactive ketones (excluding diaryl/α,β-unsaturated/α-hetero) is 1. The van der Waals surface area contributed by atoms with E-state index in [1.165, 1.54) is 34.6 Å². The number of hydrogen-bond acceptors (Lipinski definition) is 7. The number of thiophene rings is 1. The van der Waals surface area contributed by atoms with Gasteiger partial charge >= 0.3 is 6.18 Å². The first-order chi connectivity index (χ1) is 18.0. The summed E-state index contributed by atoms with van der Waals surface area (Å²) in [6.45, 7) is 2.13. The maximum atomic E-state index is 13.1. The molecule has 1 N–H and O–H groups in total. The molecular formula is C25H20F3N3O4S3. The number of thiazole rings is 1. The lowest BCUT2D eigenvalue weighted by Crippen LogP contribution is -2.30. The molecule has 0 fully saturated rings. The largest absolute Gasteiger partial charge is 0.455 e. The Morgan fingerprint density at radius 3 is 2.26 bits per heavy atom. The number of nitrogens with one attached hydrogen (secondary N) is 1. The molecular weight excluding hydrogens is 559 g/mol. The monoisotopic (exact) mass is 579 g/mol. The minimum absolute atomic E-state index is 0.0147. The van der Waals surface area contributed by atoms with Crippen LogP contribution in [0, 0.1) is 0 Å². The average Bonchev–Trinajstić information content (AvgIpc) is 3.57. The number of aromatic nitrogens is 1. The first-order valence-electron chi connectivity index (χ1n) is 11.1. The Kier molecular flexibility index (Phi) is 8.11. The summed E-state index contributed by atoms with van der Waals surface area (Å²) in [5.41, 5.74) is 0.719. The molecule has 0 aliphatic carbocycles. The van der Waals surface area contributed by atoms with Gasteiger partial charge in [0.2, 0.25) is 10.0 Å². The van der Waals surface area contributed by atoms with E-state index in [1.54, 1.807) is 18.4 Å². The molecule has 38 heavy (non-hydrogen) atoms. The Morgan fingerprint density at radius 2 is 1.68 bits per heavy atom. The first-order valence-corrected chi connectivity index (χ1v) is 14.3. The highest BCUT2D eigenvalue weighted by atomic mass is 32.2. The van der Waals surface area contributed by atoms with Gasteiger partial charge in [-0.2, -0.15) is 17.5 Å². The van der Waals surface area contributed by atoms with E-state index < -0.39 is 32.8 Å². The molecule has 0 radical (unpaired) electrons. The smallest absolute Gasteiger partial charge is 0.298 e. The fourth-order valence-electron chi connectivity index (χ4n) is 3.49. The van der Waals surface area contributed by atoms with Crippen LogP contribution >= 0.6 is 22.7 Å². The van der Waals surface area contributed by atoms with Crippen molar-refractivity contribution in [1.29, 1.82) is 0 Å². The molecule has 0 aliphatic heterocycles. The summed E-state index contributed by atoms with van der Waals surface area (Å²) >= 11 is 1.53.